The molecule has 0 aliphatic heterocycles. The van der Waals surface area contributed by atoms with Crippen molar-refractivity contribution in [2.75, 3.05) is 25.5 Å². The number of anilines is 1. The normalized spacial score (nSPS) is 10.2. The fraction of sp³-hybridized carbons (Fsp3) is 0.211. The molecule has 0 aliphatic carbocycles. The molecule has 0 saturated carbocycles. The first-order valence-corrected chi connectivity index (χ1v) is 8.74. The molecule has 0 heterocycles. The van der Waals surface area contributed by atoms with Gasteiger partial charge in [-0.2, -0.15) is 0 Å². The van der Waals surface area contributed by atoms with E-state index in [1.807, 2.05) is 0 Å². The van der Waals surface area contributed by atoms with Gasteiger partial charge in [-0.3, -0.25) is 14.4 Å². The van der Waals surface area contributed by atoms with E-state index >= 15 is 0 Å². The topological polar surface area (TPSA) is 75.7 Å². The molecule has 0 bridgehead atoms. The lowest BCUT2D eigenvalue weighted by Gasteiger charge is -2.17. The van der Waals surface area contributed by atoms with E-state index in [1.54, 1.807) is 36.4 Å². The molecule has 27 heavy (non-hydrogen) atoms. The highest BCUT2D eigenvalue weighted by atomic mass is 35.5. The number of carbonyl (C=O) groups is 3. The monoisotopic (exact) mass is 408 g/mol. The Balaban J connectivity index is 1.85. The molecular formula is C19H18Cl2N2O4. The minimum absolute atomic E-state index is 0.0946. The maximum Gasteiger partial charge on any atom is 0.260 e. The molecule has 0 spiro atoms. The first-order chi connectivity index (χ1) is 12.8. The Morgan fingerprint density at radius 3 is 2.48 bits per heavy atom. The number of amides is 2. The van der Waals surface area contributed by atoms with E-state index in [2.05, 4.69) is 5.32 Å². The summed E-state index contributed by atoms with van der Waals surface area (Å²) in [4.78, 5) is 36.8. The fourth-order valence-corrected chi connectivity index (χ4v) is 2.44. The molecular weight excluding hydrogens is 391 g/mol. The molecule has 0 atom stereocenters. The van der Waals surface area contributed by atoms with Crippen LogP contribution in [0.4, 0.5) is 5.69 Å². The van der Waals surface area contributed by atoms with Crippen molar-refractivity contribution in [3.8, 4) is 5.75 Å². The van der Waals surface area contributed by atoms with Crippen molar-refractivity contribution in [1.29, 1.82) is 0 Å². The van der Waals surface area contributed by atoms with Crippen LogP contribution < -0.4 is 10.1 Å². The number of carbonyl (C=O) groups excluding carboxylic acids is 3. The molecule has 2 rings (SSSR count). The lowest BCUT2D eigenvalue weighted by molar-refractivity contribution is -0.135. The van der Waals surface area contributed by atoms with Crippen molar-refractivity contribution in [1.82, 2.24) is 4.90 Å². The van der Waals surface area contributed by atoms with Crippen LogP contribution in [0.1, 0.15) is 17.3 Å². The van der Waals surface area contributed by atoms with Gasteiger partial charge in [-0.15, -0.1) is 0 Å². The van der Waals surface area contributed by atoms with Crippen LogP contribution in [0, 0.1) is 0 Å². The Kier molecular flexibility index (Phi) is 7.21. The quantitative estimate of drug-likeness (QED) is 0.708. The number of nitrogens with zero attached hydrogens (tertiary/aromatic N) is 1. The molecule has 0 saturated heterocycles. The molecule has 1 N–H and O–H groups in total. The van der Waals surface area contributed by atoms with Gasteiger partial charge in [0.15, 0.2) is 12.4 Å². The summed E-state index contributed by atoms with van der Waals surface area (Å²) in [6, 6.07) is 11.2. The lowest BCUT2D eigenvalue weighted by atomic mass is 10.1. The van der Waals surface area contributed by atoms with Crippen LogP contribution in [-0.4, -0.2) is 42.7 Å². The van der Waals surface area contributed by atoms with Gasteiger partial charge in [0.1, 0.15) is 5.75 Å². The predicted octanol–water partition coefficient (Wildman–Crippen LogP) is 3.67. The first-order valence-electron chi connectivity index (χ1n) is 7.99. The first kappa shape index (κ1) is 20.7. The van der Waals surface area contributed by atoms with E-state index in [-0.39, 0.29) is 30.7 Å². The average molecular weight is 409 g/mol. The number of hydrogen-bond acceptors (Lipinski definition) is 4. The van der Waals surface area contributed by atoms with Crippen LogP contribution >= 0.6 is 23.2 Å². The second-order valence-corrected chi connectivity index (χ2v) is 6.61. The van der Waals surface area contributed by atoms with Gasteiger partial charge in [0.05, 0.1) is 16.6 Å². The van der Waals surface area contributed by atoms with Crippen LogP contribution in [0.2, 0.25) is 10.0 Å². The van der Waals surface area contributed by atoms with E-state index in [0.29, 0.717) is 27.0 Å². The molecule has 0 aromatic heterocycles. The number of benzene rings is 2. The van der Waals surface area contributed by atoms with Crippen LogP contribution in [0.5, 0.6) is 5.75 Å². The second kappa shape index (κ2) is 9.39. The Bertz CT molecular complexity index is 871. The number of nitrogens with one attached hydrogen (secondary N) is 1. The van der Waals surface area contributed by atoms with Crippen molar-refractivity contribution < 1.29 is 19.1 Å². The van der Waals surface area contributed by atoms with Crippen LogP contribution in [0.15, 0.2) is 42.5 Å². The highest BCUT2D eigenvalue weighted by molar-refractivity contribution is 6.42. The zero-order valence-electron chi connectivity index (χ0n) is 14.8. The third-order valence-corrected chi connectivity index (χ3v) is 4.35. The largest absolute Gasteiger partial charge is 0.484 e. The number of rotatable bonds is 7. The van der Waals surface area contributed by atoms with E-state index in [9.17, 15) is 14.4 Å². The zero-order chi connectivity index (χ0) is 20.0. The van der Waals surface area contributed by atoms with Crippen molar-refractivity contribution in [2.24, 2.45) is 0 Å². The second-order valence-electron chi connectivity index (χ2n) is 5.80. The van der Waals surface area contributed by atoms with Gasteiger partial charge in [-0.05, 0) is 37.3 Å². The third-order valence-electron chi connectivity index (χ3n) is 3.61. The molecule has 2 aromatic carbocycles. The summed E-state index contributed by atoms with van der Waals surface area (Å²) < 4.78 is 5.40. The van der Waals surface area contributed by atoms with Crippen molar-refractivity contribution in [3.63, 3.8) is 0 Å². The molecule has 2 amide bonds. The van der Waals surface area contributed by atoms with Crippen LogP contribution in [-0.2, 0) is 9.59 Å². The molecule has 142 valence electrons. The highest BCUT2D eigenvalue weighted by Gasteiger charge is 2.14. The Morgan fingerprint density at radius 1 is 1.07 bits per heavy atom. The van der Waals surface area contributed by atoms with Gasteiger partial charge in [0.2, 0.25) is 5.91 Å². The molecule has 6 nitrogen and oxygen atoms in total. The maximum atomic E-state index is 12.1. The molecule has 0 radical (unpaired) electrons. The molecule has 0 aliphatic rings. The number of ether oxygens (including phenoxy) is 1. The SMILES string of the molecule is CC(=O)c1cccc(OCC(=O)N(C)CC(=O)Nc2ccc(Cl)c(Cl)c2)c1. The van der Waals surface area contributed by atoms with Gasteiger partial charge >= 0.3 is 0 Å². The average Bonchev–Trinajstić information content (AvgIpc) is 2.62. The minimum atomic E-state index is -0.386. The molecule has 0 unspecified atom stereocenters. The summed E-state index contributed by atoms with van der Waals surface area (Å²) in [5.74, 6) is -0.456. The Hall–Kier alpha value is -2.57. The standard InChI is InChI=1S/C19H18Cl2N2O4/c1-12(24)13-4-3-5-15(8-13)27-11-19(26)23(2)10-18(25)22-14-6-7-16(20)17(21)9-14/h3-9H,10-11H2,1-2H3,(H,22,25). The third kappa shape index (κ3) is 6.27. The minimum Gasteiger partial charge on any atom is -0.484 e. The summed E-state index contributed by atoms with van der Waals surface area (Å²) in [7, 11) is 1.49. The summed E-state index contributed by atoms with van der Waals surface area (Å²) in [5.41, 5.74) is 0.974. The van der Waals surface area contributed by atoms with Gasteiger partial charge in [0, 0.05) is 18.3 Å². The number of likely N-dealkylation sites (N-methyl/N-ethyl adjacent to an activating group) is 1. The number of Topliss-reactive ketones (excluding diaryl/α,β-unsaturated/α-hetero) is 1. The molecule has 8 heteroatoms. The molecule has 2 aromatic rings. The van der Waals surface area contributed by atoms with Gasteiger partial charge in [-0.1, -0.05) is 35.3 Å². The smallest absolute Gasteiger partial charge is 0.260 e. The lowest BCUT2D eigenvalue weighted by Crippen LogP contribution is -2.37. The highest BCUT2D eigenvalue weighted by Crippen LogP contribution is 2.24. The van der Waals surface area contributed by atoms with Crippen LogP contribution in [0.3, 0.4) is 0 Å². The van der Waals surface area contributed by atoms with E-state index in [1.165, 1.54) is 24.9 Å². The van der Waals surface area contributed by atoms with Gasteiger partial charge < -0.3 is 15.0 Å². The van der Waals surface area contributed by atoms with Gasteiger partial charge in [-0.25, -0.2) is 0 Å². The van der Waals surface area contributed by atoms with E-state index in [4.69, 9.17) is 27.9 Å². The summed E-state index contributed by atoms with van der Waals surface area (Å²) >= 11 is 11.7. The molecule has 0 fully saturated rings. The summed E-state index contributed by atoms with van der Waals surface area (Å²) in [6.45, 7) is 1.04. The Labute approximate surface area is 167 Å². The van der Waals surface area contributed by atoms with Crippen molar-refractivity contribution in [3.05, 3.63) is 58.1 Å². The van der Waals surface area contributed by atoms with E-state index in [0.717, 1.165) is 0 Å². The van der Waals surface area contributed by atoms with Crippen molar-refractivity contribution in [2.45, 2.75) is 6.92 Å². The number of hydrogen-bond donors (Lipinski definition) is 1. The summed E-state index contributed by atoms with van der Waals surface area (Å²) in [6.07, 6.45) is 0. The number of ketones is 1. The number of halogens is 2. The summed E-state index contributed by atoms with van der Waals surface area (Å²) in [5, 5.41) is 3.34. The maximum absolute atomic E-state index is 12.1. The predicted molar refractivity (Wildman–Crippen MR) is 105 cm³/mol. The Morgan fingerprint density at radius 2 is 1.81 bits per heavy atom. The van der Waals surface area contributed by atoms with Gasteiger partial charge in [0.25, 0.3) is 5.91 Å². The zero-order valence-corrected chi connectivity index (χ0v) is 16.3. The van der Waals surface area contributed by atoms with Crippen LogP contribution in [0.25, 0.3) is 0 Å². The fourth-order valence-electron chi connectivity index (χ4n) is 2.14. The van der Waals surface area contributed by atoms with Crippen molar-refractivity contribution >= 4 is 46.5 Å². The van der Waals surface area contributed by atoms with E-state index < -0.39 is 0 Å².